The van der Waals surface area contributed by atoms with Crippen molar-refractivity contribution in [1.29, 1.82) is 0 Å². The quantitative estimate of drug-likeness (QED) is 0.626. The SMILES string of the molecule is Cc1ncsc1-c1nnc(C2CCN(Cc3cc4c(cc3Cl)OCO4)CC2)o1. The molecule has 7 nitrogen and oxygen atoms in total. The molecule has 1 aromatic carbocycles. The van der Waals surface area contributed by atoms with E-state index in [9.17, 15) is 0 Å². The number of rotatable bonds is 4. The van der Waals surface area contributed by atoms with E-state index < -0.39 is 0 Å². The number of piperidine rings is 1. The molecule has 0 bridgehead atoms. The van der Waals surface area contributed by atoms with Gasteiger partial charge in [-0.1, -0.05) is 11.6 Å². The Morgan fingerprint density at radius 2 is 1.96 bits per heavy atom. The van der Waals surface area contributed by atoms with E-state index in [0.29, 0.717) is 10.9 Å². The third-order valence-corrected chi connectivity index (χ3v) is 6.52. The summed E-state index contributed by atoms with van der Waals surface area (Å²) in [6.07, 6.45) is 1.96. The van der Waals surface area contributed by atoms with Gasteiger partial charge in [0.1, 0.15) is 4.88 Å². The molecule has 0 saturated carbocycles. The summed E-state index contributed by atoms with van der Waals surface area (Å²) in [7, 11) is 0. The first-order valence-electron chi connectivity index (χ1n) is 9.21. The minimum atomic E-state index is 0.258. The molecular formula is C19H19ClN4O3S. The molecule has 5 rings (SSSR count). The molecular weight excluding hydrogens is 400 g/mol. The van der Waals surface area contributed by atoms with Crippen molar-refractivity contribution in [3.8, 4) is 22.3 Å². The molecule has 1 fully saturated rings. The summed E-state index contributed by atoms with van der Waals surface area (Å²) >= 11 is 7.94. The average molecular weight is 419 g/mol. The molecule has 0 aliphatic carbocycles. The number of ether oxygens (including phenoxy) is 2. The summed E-state index contributed by atoms with van der Waals surface area (Å²) in [4.78, 5) is 7.60. The first-order valence-corrected chi connectivity index (χ1v) is 10.5. The lowest BCUT2D eigenvalue weighted by Gasteiger charge is -2.30. The van der Waals surface area contributed by atoms with E-state index >= 15 is 0 Å². The van der Waals surface area contributed by atoms with Gasteiger partial charge in [0.25, 0.3) is 5.89 Å². The number of hydrogen-bond acceptors (Lipinski definition) is 8. The highest BCUT2D eigenvalue weighted by molar-refractivity contribution is 7.13. The van der Waals surface area contributed by atoms with Crippen LogP contribution >= 0.6 is 22.9 Å². The van der Waals surface area contributed by atoms with Gasteiger partial charge < -0.3 is 13.9 Å². The Bertz CT molecular complexity index is 997. The fourth-order valence-electron chi connectivity index (χ4n) is 3.66. The van der Waals surface area contributed by atoms with Crippen LogP contribution in [0.3, 0.4) is 0 Å². The molecule has 0 radical (unpaired) electrons. The third-order valence-electron chi connectivity index (χ3n) is 5.25. The van der Waals surface area contributed by atoms with E-state index in [2.05, 4.69) is 20.1 Å². The second-order valence-corrected chi connectivity index (χ2v) is 8.32. The smallest absolute Gasteiger partial charge is 0.259 e. The number of thiazole rings is 1. The summed E-state index contributed by atoms with van der Waals surface area (Å²) in [6, 6.07) is 3.83. The van der Waals surface area contributed by atoms with Crippen molar-refractivity contribution in [2.24, 2.45) is 0 Å². The number of hydrogen-bond donors (Lipinski definition) is 0. The van der Waals surface area contributed by atoms with E-state index in [1.165, 1.54) is 11.3 Å². The lowest BCUT2D eigenvalue weighted by molar-refractivity contribution is 0.173. The maximum Gasteiger partial charge on any atom is 0.259 e. The monoisotopic (exact) mass is 418 g/mol. The standard InChI is InChI=1S/C19H19ClN4O3S/c1-11-17(28-9-21-11)19-23-22-18(27-19)12-2-4-24(5-3-12)8-13-6-15-16(7-14(13)20)26-10-25-15/h6-7,9,12H,2-5,8,10H2,1H3. The van der Waals surface area contributed by atoms with Crippen molar-refractivity contribution in [3.05, 3.63) is 39.8 Å². The number of halogens is 1. The number of likely N-dealkylation sites (tertiary alicyclic amines) is 1. The van der Waals surface area contributed by atoms with Crippen molar-refractivity contribution < 1.29 is 13.9 Å². The van der Waals surface area contributed by atoms with Gasteiger partial charge in [0.15, 0.2) is 11.5 Å². The van der Waals surface area contributed by atoms with Gasteiger partial charge in [-0.2, -0.15) is 0 Å². The molecule has 0 spiro atoms. The fraction of sp³-hybridized carbons (Fsp3) is 0.421. The van der Waals surface area contributed by atoms with Gasteiger partial charge in [-0.25, -0.2) is 4.98 Å². The van der Waals surface area contributed by atoms with Crippen LogP contribution in [0.4, 0.5) is 0 Å². The zero-order valence-corrected chi connectivity index (χ0v) is 16.9. The Hall–Kier alpha value is -2.16. The van der Waals surface area contributed by atoms with Crippen molar-refractivity contribution in [3.63, 3.8) is 0 Å². The largest absolute Gasteiger partial charge is 0.454 e. The molecule has 146 valence electrons. The first-order chi connectivity index (χ1) is 13.7. The van der Waals surface area contributed by atoms with Gasteiger partial charge in [0, 0.05) is 23.6 Å². The van der Waals surface area contributed by atoms with Crippen LogP contribution in [0.5, 0.6) is 11.5 Å². The molecule has 2 aliphatic heterocycles. The van der Waals surface area contributed by atoms with Crippen LogP contribution in [0.1, 0.15) is 35.9 Å². The van der Waals surface area contributed by atoms with Crippen LogP contribution in [-0.4, -0.2) is 40.0 Å². The van der Waals surface area contributed by atoms with Crippen LogP contribution in [0, 0.1) is 6.92 Å². The zero-order chi connectivity index (χ0) is 19.1. The summed E-state index contributed by atoms with van der Waals surface area (Å²) in [5, 5.41) is 9.23. The highest BCUT2D eigenvalue weighted by atomic mass is 35.5. The molecule has 0 atom stereocenters. The zero-order valence-electron chi connectivity index (χ0n) is 15.4. The average Bonchev–Trinajstić information content (AvgIpc) is 3.43. The summed E-state index contributed by atoms with van der Waals surface area (Å²) < 4.78 is 16.8. The highest BCUT2D eigenvalue weighted by Crippen LogP contribution is 2.38. The number of benzene rings is 1. The second kappa shape index (κ2) is 7.35. The Kier molecular flexibility index (Phi) is 4.70. The van der Waals surface area contributed by atoms with E-state index in [1.807, 2.05) is 19.1 Å². The molecule has 4 heterocycles. The van der Waals surface area contributed by atoms with Crippen molar-refractivity contribution in [2.75, 3.05) is 19.9 Å². The molecule has 2 aromatic heterocycles. The fourth-order valence-corrected chi connectivity index (χ4v) is 4.59. The minimum absolute atomic E-state index is 0.258. The molecule has 2 aliphatic rings. The molecule has 0 amide bonds. The normalized spacial score (nSPS) is 17.4. The Morgan fingerprint density at radius 3 is 2.71 bits per heavy atom. The topological polar surface area (TPSA) is 73.5 Å². The van der Waals surface area contributed by atoms with Crippen LogP contribution < -0.4 is 9.47 Å². The number of nitrogens with zero attached hydrogens (tertiary/aromatic N) is 4. The Labute approximate surface area is 171 Å². The van der Waals surface area contributed by atoms with E-state index in [1.54, 1.807) is 5.51 Å². The van der Waals surface area contributed by atoms with E-state index in [4.69, 9.17) is 25.5 Å². The lowest BCUT2D eigenvalue weighted by atomic mass is 9.96. The number of aryl methyl sites for hydroxylation is 1. The van der Waals surface area contributed by atoms with Gasteiger partial charge in [-0.3, -0.25) is 4.90 Å². The summed E-state index contributed by atoms with van der Waals surface area (Å²) in [6.45, 7) is 4.90. The van der Waals surface area contributed by atoms with Crippen LogP contribution in [0.2, 0.25) is 5.02 Å². The first kappa shape index (κ1) is 17.9. The highest BCUT2D eigenvalue weighted by Gasteiger charge is 2.27. The van der Waals surface area contributed by atoms with Crippen LogP contribution in [0.25, 0.3) is 10.8 Å². The van der Waals surface area contributed by atoms with Crippen molar-refractivity contribution >= 4 is 22.9 Å². The van der Waals surface area contributed by atoms with Gasteiger partial charge in [0.2, 0.25) is 12.7 Å². The Morgan fingerprint density at radius 1 is 1.18 bits per heavy atom. The summed E-state index contributed by atoms with van der Waals surface area (Å²) in [5.74, 6) is 3.08. The number of aromatic nitrogens is 3. The van der Waals surface area contributed by atoms with Gasteiger partial charge >= 0.3 is 0 Å². The van der Waals surface area contributed by atoms with E-state index in [0.717, 1.165) is 66.0 Å². The van der Waals surface area contributed by atoms with Crippen molar-refractivity contribution in [2.45, 2.75) is 32.2 Å². The van der Waals surface area contributed by atoms with E-state index in [-0.39, 0.29) is 12.7 Å². The van der Waals surface area contributed by atoms with Gasteiger partial charge in [-0.15, -0.1) is 21.5 Å². The lowest BCUT2D eigenvalue weighted by Crippen LogP contribution is -2.32. The Balaban J connectivity index is 1.23. The molecule has 9 heteroatoms. The maximum atomic E-state index is 6.42. The van der Waals surface area contributed by atoms with Crippen LogP contribution in [0.15, 0.2) is 22.1 Å². The number of fused-ring (bicyclic) bond motifs is 1. The molecule has 0 N–H and O–H groups in total. The maximum absolute atomic E-state index is 6.42. The molecule has 1 saturated heterocycles. The van der Waals surface area contributed by atoms with Gasteiger partial charge in [0.05, 0.1) is 11.2 Å². The molecule has 3 aromatic rings. The predicted octanol–water partition coefficient (Wildman–Crippen LogP) is 4.26. The van der Waals surface area contributed by atoms with Crippen molar-refractivity contribution in [1.82, 2.24) is 20.1 Å². The molecule has 0 unspecified atom stereocenters. The molecule has 28 heavy (non-hydrogen) atoms. The van der Waals surface area contributed by atoms with Gasteiger partial charge in [-0.05, 0) is 44.5 Å². The summed E-state index contributed by atoms with van der Waals surface area (Å²) in [5.41, 5.74) is 3.79. The minimum Gasteiger partial charge on any atom is -0.454 e. The second-order valence-electron chi connectivity index (χ2n) is 7.06. The third kappa shape index (κ3) is 3.36. The van der Waals surface area contributed by atoms with Crippen LogP contribution in [-0.2, 0) is 6.54 Å². The predicted molar refractivity (Wildman–Crippen MR) is 105 cm³/mol.